The minimum absolute atomic E-state index is 0.0697. The van der Waals surface area contributed by atoms with Gasteiger partial charge in [-0.25, -0.2) is 4.85 Å². The monoisotopic (exact) mass is 209 g/mol. The Morgan fingerprint density at radius 3 is 2.19 bits per heavy atom. The molecule has 0 saturated heterocycles. The summed E-state index contributed by atoms with van der Waals surface area (Å²) in [5.74, 6) is 0. The second-order valence-electron chi connectivity index (χ2n) is 5.04. The van der Waals surface area contributed by atoms with E-state index in [1.807, 2.05) is 12.1 Å². The molecule has 0 aliphatic heterocycles. The molecule has 80 valence electrons. The van der Waals surface area contributed by atoms with Gasteiger partial charge >= 0.3 is 0 Å². The Hall–Kier alpha value is -1.81. The van der Waals surface area contributed by atoms with Crippen molar-refractivity contribution in [2.75, 3.05) is 0 Å². The van der Waals surface area contributed by atoms with Crippen LogP contribution in [0.3, 0.4) is 0 Å². The molecule has 0 aromatic heterocycles. The molecule has 16 heavy (non-hydrogen) atoms. The minimum Gasteiger partial charge on any atom is -0.238 e. The van der Waals surface area contributed by atoms with E-state index in [1.165, 1.54) is 5.56 Å². The molecule has 0 amide bonds. The molecule has 0 radical (unpaired) electrons. The van der Waals surface area contributed by atoms with Crippen LogP contribution in [0.15, 0.2) is 36.4 Å². The molecule has 0 saturated carbocycles. The van der Waals surface area contributed by atoms with Gasteiger partial charge in [0.1, 0.15) is 0 Å². The van der Waals surface area contributed by atoms with Crippen LogP contribution in [0.4, 0.5) is 5.69 Å². The number of nitrogens with zero attached hydrogens (tertiary/aromatic N) is 1. The number of benzene rings is 2. The lowest BCUT2D eigenvalue weighted by Gasteiger charge is -2.22. The summed E-state index contributed by atoms with van der Waals surface area (Å²) in [6, 6.07) is 12.2. The summed E-state index contributed by atoms with van der Waals surface area (Å²) in [6.45, 7) is 13.8. The van der Waals surface area contributed by atoms with Crippen LogP contribution in [0.25, 0.3) is 15.6 Å². The van der Waals surface area contributed by atoms with E-state index in [9.17, 15) is 0 Å². The molecule has 0 atom stereocenters. The quantitative estimate of drug-likeness (QED) is 0.554. The average molecular weight is 209 g/mol. The van der Waals surface area contributed by atoms with Gasteiger partial charge in [0.2, 0.25) is 0 Å². The molecular weight excluding hydrogens is 194 g/mol. The maximum atomic E-state index is 7.25. The summed E-state index contributed by atoms with van der Waals surface area (Å²) in [4.78, 5) is 3.62. The Kier molecular flexibility index (Phi) is 2.44. The van der Waals surface area contributed by atoms with E-state index in [0.29, 0.717) is 0 Å². The van der Waals surface area contributed by atoms with E-state index in [2.05, 4.69) is 49.9 Å². The van der Waals surface area contributed by atoms with Crippen LogP contribution in [0.5, 0.6) is 0 Å². The summed E-state index contributed by atoms with van der Waals surface area (Å²) in [7, 11) is 0. The molecule has 2 aromatic carbocycles. The third kappa shape index (κ3) is 1.67. The zero-order valence-corrected chi connectivity index (χ0v) is 9.91. The first-order valence-corrected chi connectivity index (χ1v) is 5.44. The van der Waals surface area contributed by atoms with Crippen molar-refractivity contribution in [3.63, 3.8) is 0 Å². The summed E-state index contributed by atoms with van der Waals surface area (Å²) >= 11 is 0. The summed E-state index contributed by atoms with van der Waals surface area (Å²) in [6.07, 6.45) is 0. The third-order valence-electron chi connectivity index (χ3n) is 2.81. The SMILES string of the molecule is [C-]#[N+]c1cccc2cccc(C(C)(C)C)c12. The maximum absolute atomic E-state index is 7.25. The number of rotatable bonds is 0. The molecule has 0 bridgehead atoms. The van der Waals surface area contributed by atoms with Gasteiger partial charge in [0, 0.05) is 0 Å². The zero-order valence-electron chi connectivity index (χ0n) is 9.91. The molecule has 1 heteroatoms. The highest BCUT2D eigenvalue weighted by molar-refractivity contribution is 5.97. The highest BCUT2D eigenvalue weighted by Crippen LogP contribution is 2.35. The van der Waals surface area contributed by atoms with Crippen LogP contribution in [0, 0.1) is 6.57 Å². The van der Waals surface area contributed by atoms with Crippen molar-refractivity contribution in [1.29, 1.82) is 0 Å². The lowest BCUT2D eigenvalue weighted by Crippen LogP contribution is -2.11. The van der Waals surface area contributed by atoms with Crippen molar-refractivity contribution >= 4 is 16.5 Å². The van der Waals surface area contributed by atoms with Crippen molar-refractivity contribution in [3.8, 4) is 0 Å². The fourth-order valence-corrected chi connectivity index (χ4v) is 2.04. The van der Waals surface area contributed by atoms with Crippen molar-refractivity contribution in [1.82, 2.24) is 0 Å². The average Bonchev–Trinajstić information content (AvgIpc) is 2.26. The molecule has 0 N–H and O–H groups in total. The van der Waals surface area contributed by atoms with Crippen molar-refractivity contribution in [2.24, 2.45) is 0 Å². The lowest BCUT2D eigenvalue weighted by atomic mass is 9.83. The van der Waals surface area contributed by atoms with Gasteiger partial charge in [-0.1, -0.05) is 57.2 Å². The van der Waals surface area contributed by atoms with E-state index in [1.54, 1.807) is 0 Å². The number of fused-ring (bicyclic) bond motifs is 1. The first-order valence-electron chi connectivity index (χ1n) is 5.44. The molecule has 0 unspecified atom stereocenters. The van der Waals surface area contributed by atoms with E-state index < -0.39 is 0 Å². The normalized spacial score (nSPS) is 11.4. The van der Waals surface area contributed by atoms with Crippen molar-refractivity contribution in [2.45, 2.75) is 26.2 Å². The minimum atomic E-state index is 0.0697. The Balaban J connectivity index is 2.91. The molecule has 0 aliphatic carbocycles. The van der Waals surface area contributed by atoms with Gasteiger partial charge in [-0.2, -0.15) is 0 Å². The van der Waals surface area contributed by atoms with Crippen LogP contribution in [-0.2, 0) is 5.41 Å². The fraction of sp³-hybridized carbons (Fsp3) is 0.267. The predicted molar refractivity (Wildman–Crippen MR) is 68.9 cm³/mol. The Morgan fingerprint density at radius 2 is 1.62 bits per heavy atom. The lowest BCUT2D eigenvalue weighted by molar-refractivity contribution is 0.596. The number of hydrogen-bond donors (Lipinski definition) is 0. The largest absolute Gasteiger partial charge is 0.238 e. The van der Waals surface area contributed by atoms with Crippen molar-refractivity contribution < 1.29 is 0 Å². The second-order valence-corrected chi connectivity index (χ2v) is 5.04. The molecule has 0 fully saturated rings. The second kappa shape index (κ2) is 3.64. The van der Waals surface area contributed by atoms with E-state index in [-0.39, 0.29) is 5.41 Å². The van der Waals surface area contributed by atoms with Crippen LogP contribution < -0.4 is 0 Å². The van der Waals surface area contributed by atoms with Gasteiger partial charge in [-0.3, -0.25) is 0 Å². The Bertz CT molecular complexity index is 563. The molecule has 0 spiro atoms. The first-order chi connectivity index (χ1) is 7.54. The van der Waals surface area contributed by atoms with Gasteiger partial charge in [-0.05, 0) is 21.8 Å². The first kappa shape index (κ1) is 10.7. The van der Waals surface area contributed by atoms with Crippen LogP contribution in [0.2, 0.25) is 0 Å². The van der Waals surface area contributed by atoms with Crippen LogP contribution >= 0.6 is 0 Å². The fourth-order valence-electron chi connectivity index (χ4n) is 2.04. The molecule has 2 rings (SSSR count). The Morgan fingerprint density at radius 1 is 1.00 bits per heavy atom. The van der Waals surface area contributed by atoms with Gasteiger partial charge in [0.15, 0.2) is 5.69 Å². The van der Waals surface area contributed by atoms with Gasteiger partial charge in [0.25, 0.3) is 0 Å². The highest BCUT2D eigenvalue weighted by atomic mass is 14.6. The van der Waals surface area contributed by atoms with E-state index in [0.717, 1.165) is 16.5 Å². The van der Waals surface area contributed by atoms with E-state index >= 15 is 0 Å². The molecular formula is C15H15N. The molecule has 0 heterocycles. The van der Waals surface area contributed by atoms with Gasteiger partial charge in [-0.15, -0.1) is 0 Å². The van der Waals surface area contributed by atoms with Gasteiger partial charge < -0.3 is 0 Å². The highest BCUT2D eigenvalue weighted by Gasteiger charge is 2.17. The topological polar surface area (TPSA) is 4.36 Å². The van der Waals surface area contributed by atoms with Crippen molar-refractivity contribution in [3.05, 3.63) is 53.4 Å². The molecule has 2 aromatic rings. The summed E-state index contributed by atoms with van der Waals surface area (Å²) in [5.41, 5.74) is 2.07. The number of hydrogen-bond acceptors (Lipinski definition) is 0. The van der Waals surface area contributed by atoms with Crippen LogP contribution in [0.1, 0.15) is 26.3 Å². The van der Waals surface area contributed by atoms with E-state index in [4.69, 9.17) is 6.57 Å². The molecule has 0 aliphatic rings. The van der Waals surface area contributed by atoms with Gasteiger partial charge in [0.05, 0.1) is 6.57 Å². The Labute approximate surface area is 96.5 Å². The summed E-state index contributed by atoms with van der Waals surface area (Å²) in [5, 5.41) is 2.26. The zero-order chi connectivity index (χ0) is 11.8. The predicted octanol–water partition coefficient (Wildman–Crippen LogP) is 4.69. The standard InChI is InChI=1S/C15H15N/c1-15(2,3)12-9-5-7-11-8-6-10-13(16-4)14(11)12/h5-10H,1-3H3. The smallest absolute Gasteiger partial charge is 0.195 e. The molecule has 1 nitrogen and oxygen atoms in total. The van der Waals surface area contributed by atoms with Crippen LogP contribution in [-0.4, -0.2) is 0 Å². The maximum Gasteiger partial charge on any atom is 0.195 e. The summed E-state index contributed by atoms with van der Waals surface area (Å²) < 4.78 is 0. The third-order valence-corrected chi connectivity index (χ3v) is 2.81.